The molecule has 0 unspecified atom stereocenters. The molecule has 0 saturated carbocycles. The highest BCUT2D eigenvalue weighted by molar-refractivity contribution is 9.11. The molecule has 0 fully saturated rings. The van der Waals surface area contributed by atoms with E-state index in [1.165, 1.54) is 0 Å². The van der Waals surface area contributed by atoms with Gasteiger partial charge >= 0.3 is 0 Å². The van der Waals surface area contributed by atoms with Crippen LogP contribution in [0.1, 0.15) is 0 Å². The third-order valence-corrected chi connectivity index (χ3v) is 4.91. The van der Waals surface area contributed by atoms with Crippen molar-refractivity contribution in [1.82, 2.24) is 4.83 Å². The van der Waals surface area contributed by atoms with Crippen LogP contribution in [-0.4, -0.2) is 8.42 Å². The number of hydrazine groups is 1. The van der Waals surface area contributed by atoms with Crippen molar-refractivity contribution < 1.29 is 8.42 Å². The van der Waals surface area contributed by atoms with Crippen LogP contribution in [0.5, 0.6) is 0 Å². The Morgan fingerprint density at radius 1 is 1.14 bits per heavy atom. The van der Waals surface area contributed by atoms with Crippen LogP contribution in [0.25, 0.3) is 0 Å². The Hall–Kier alpha value is 0.530. The largest absolute Gasteiger partial charge is 0.257 e. The summed E-state index contributed by atoms with van der Waals surface area (Å²) in [4.78, 5) is 1.83. The molecule has 0 aliphatic rings. The summed E-state index contributed by atoms with van der Waals surface area (Å²) < 4.78 is 24.5. The van der Waals surface area contributed by atoms with Gasteiger partial charge in [0.15, 0.2) is 0 Å². The molecule has 1 aromatic rings. The van der Waals surface area contributed by atoms with Crippen molar-refractivity contribution >= 4 is 57.8 Å². The summed E-state index contributed by atoms with van der Waals surface area (Å²) in [6.07, 6.45) is 0. The SMILES string of the molecule is NNS(=O)(=O)c1c(Br)cc(Br)cc1Br. The number of nitrogens with one attached hydrogen (secondary N) is 1. The van der Waals surface area contributed by atoms with Crippen molar-refractivity contribution in [3.05, 3.63) is 25.6 Å². The van der Waals surface area contributed by atoms with Crippen molar-refractivity contribution in [1.29, 1.82) is 0 Å². The van der Waals surface area contributed by atoms with Gasteiger partial charge in [-0.1, -0.05) is 15.9 Å². The van der Waals surface area contributed by atoms with E-state index in [1.54, 1.807) is 17.0 Å². The number of sulfonamides is 1. The van der Waals surface area contributed by atoms with E-state index in [0.717, 1.165) is 4.47 Å². The van der Waals surface area contributed by atoms with E-state index in [-0.39, 0.29) is 4.90 Å². The number of nitrogens with two attached hydrogens (primary N) is 1. The van der Waals surface area contributed by atoms with Crippen LogP contribution in [0, 0.1) is 0 Å². The van der Waals surface area contributed by atoms with Gasteiger partial charge in [0.2, 0.25) is 0 Å². The third kappa shape index (κ3) is 2.56. The van der Waals surface area contributed by atoms with E-state index >= 15 is 0 Å². The summed E-state index contributed by atoms with van der Waals surface area (Å²) in [6.45, 7) is 0. The molecule has 14 heavy (non-hydrogen) atoms. The maximum Gasteiger partial charge on any atom is 0.255 e. The fraction of sp³-hybridized carbons (Fsp3) is 0. The molecular weight excluding hydrogens is 404 g/mol. The molecule has 0 amide bonds. The molecule has 0 aliphatic heterocycles. The van der Waals surface area contributed by atoms with Gasteiger partial charge in [0, 0.05) is 13.4 Å². The highest BCUT2D eigenvalue weighted by Crippen LogP contribution is 2.32. The van der Waals surface area contributed by atoms with Gasteiger partial charge in [-0.3, -0.25) is 5.84 Å². The highest BCUT2D eigenvalue weighted by Gasteiger charge is 2.20. The van der Waals surface area contributed by atoms with E-state index < -0.39 is 10.0 Å². The van der Waals surface area contributed by atoms with Crippen LogP contribution in [-0.2, 0) is 10.0 Å². The lowest BCUT2D eigenvalue weighted by molar-refractivity contribution is 0.583. The van der Waals surface area contributed by atoms with Crippen molar-refractivity contribution in [2.75, 3.05) is 0 Å². The molecule has 8 heteroatoms. The second-order valence-electron chi connectivity index (χ2n) is 2.32. The standard InChI is InChI=1S/C6H5Br3N2O2S/c7-3-1-4(8)6(5(9)2-3)14(12,13)11-10/h1-2,11H,10H2. The first-order valence-corrected chi connectivity index (χ1v) is 7.11. The summed E-state index contributed by atoms with van der Waals surface area (Å²) in [5, 5.41) is 0. The van der Waals surface area contributed by atoms with E-state index in [9.17, 15) is 8.42 Å². The molecule has 0 saturated heterocycles. The van der Waals surface area contributed by atoms with E-state index in [4.69, 9.17) is 5.84 Å². The van der Waals surface area contributed by atoms with Crippen molar-refractivity contribution in [3.63, 3.8) is 0 Å². The zero-order chi connectivity index (χ0) is 10.9. The number of halogens is 3. The molecular formula is C6H5Br3N2O2S. The molecule has 0 bridgehead atoms. The van der Waals surface area contributed by atoms with E-state index in [2.05, 4.69) is 47.8 Å². The average molecular weight is 409 g/mol. The smallest absolute Gasteiger partial charge is 0.255 e. The molecule has 4 nitrogen and oxygen atoms in total. The second kappa shape index (κ2) is 4.58. The Bertz CT molecular complexity index is 437. The molecule has 1 aromatic carbocycles. The Morgan fingerprint density at radius 3 is 1.93 bits per heavy atom. The number of benzene rings is 1. The Morgan fingerprint density at radius 2 is 1.57 bits per heavy atom. The maximum atomic E-state index is 11.4. The lowest BCUT2D eigenvalue weighted by Crippen LogP contribution is -2.30. The summed E-state index contributed by atoms with van der Waals surface area (Å²) in [7, 11) is -3.66. The molecule has 0 heterocycles. The van der Waals surface area contributed by atoms with Gasteiger partial charge in [0.25, 0.3) is 10.0 Å². The highest BCUT2D eigenvalue weighted by atomic mass is 79.9. The first kappa shape index (κ1) is 12.6. The minimum absolute atomic E-state index is 0.0724. The van der Waals surface area contributed by atoms with Gasteiger partial charge in [0.1, 0.15) is 4.90 Å². The van der Waals surface area contributed by atoms with Crippen LogP contribution in [0.15, 0.2) is 30.4 Å². The average Bonchev–Trinajstić information content (AvgIpc) is 2.01. The zero-order valence-corrected chi connectivity index (χ0v) is 12.2. The molecule has 1 rings (SSSR count). The van der Waals surface area contributed by atoms with Gasteiger partial charge in [-0.15, -0.1) is 4.83 Å². The van der Waals surface area contributed by atoms with Crippen molar-refractivity contribution in [3.8, 4) is 0 Å². The van der Waals surface area contributed by atoms with Gasteiger partial charge in [0.05, 0.1) is 0 Å². The maximum absolute atomic E-state index is 11.4. The monoisotopic (exact) mass is 406 g/mol. The predicted molar refractivity (Wildman–Crippen MR) is 64.1 cm³/mol. The quantitative estimate of drug-likeness (QED) is 0.581. The lowest BCUT2D eigenvalue weighted by atomic mass is 10.4. The van der Waals surface area contributed by atoms with Crippen LogP contribution in [0.4, 0.5) is 0 Å². The zero-order valence-electron chi connectivity index (χ0n) is 6.59. The second-order valence-corrected chi connectivity index (χ2v) is 6.60. The first-order chi connectivity index (χ1) is 6.38. The number of rotatable bonds is 2. The fourth-order valence-electron chi connectivity index (χ4n) is 0.845. The van der Waals surface area contributed by atoms with Crippen molar-refractivity contribution in [2.24, 2.45) is 5.84 Å². The molecule has 0 aliphatic carbocycles. The minimum Gasteiger partial charge on any atom is -0.257 e. The van der Waals surface area contributed by atoms with E-state index in [0.29, 0.717) is 8.95 Å². The Labute approximate surface area is 107 Å². The molecule has 0 spiro atoms. The predicted octanol–water partition coefficient (Wildman–Crippen LogP) is 2.13. The molecule has 0 atom stereocenters. The van der Waals surface area contributed by atoms with Gasteiger partial charge in [-0.2, -0.15) is 0 Å². The molecule has 3 N–H and O–H groups in total. The summed E-state index contributed by atoms with van der Waals surface area (Å²) in [5.41, 5.74) is 0. The Kier molecular flexibility index (Phi) is 4.12. The first-order valence-electron chi connectivity index (χ1n) is 3.25. The molecule has 78 valence electrons. The van der Waals surface area contributed by atoms with Gasteiger partial charge in [-0.25, -0.2) is 8.42 Å². The molecule has 0 aromatic heterocycles. The molecule has 0 radical (unpaired) electrons. The van der Waals surface area contributed by atoms with Crippen LogP contribution < -0.4 is 10.7 Å². The van der Waals surface area contributed by atoms with E-state index in [1.807, 2.05) is 0 Å². The van der Waals surface area contributed by atoms with Gasteiger partial charge < -0.3 is 0 Å². The topological polar surface area (TPSA) is 72.2 Å². The van der Waals surface area contributed by atoms with Crippen LogP contribution in [0.3, 0.4) is 0 Å². The summed E-state index contributed by atoms with van der Waals surface area (Å²) >= 11 is 9.51. The summed E-state index contributed by atoms with van der Waals surface area (Å²) in [5.74, 6) is 4.92. The van der Waals surface area contributed by atoms with Crippen molar-refractivity contribution in [2.45, 2.75) is 4.90 Å². The normalized spacial score (nSPS) is 11.7. The minimum atomic E-state index is -3.66. The fourth-order valence-corrected chi connectivity index (χ4v) is 5.13. The summed E-state index contributed by atoms with van der Waals surface area (Å²) in [6, 6.07) is 3.24. The number of hydrogen-bond donors (Lipinski definition) is 2. The van der Waals surface area contributed by atoms with Crippen LogP contribution in [0.2, 0.25) is 0 Å². The van der Waals surface area contributed by atoms with Crippen LogP contribution >= 0.6 is 47.8 Å². The Balaban J connectivity index is 3.51. The van der Waals surface area contributed by atoms with Gasteiger partial charge in [-0.05, 0) is 44.0 Å². The third-order valence-electron chi connectivity index (χ3n) is 1.39. The number of hydrogen-bond acceptors (Lipinski definition) is 3. The lowest BCUT2D eigenvalue weighted by Gasteiger charge is -2.07.